The highest BCUT2D eigenvalue weighted by atomic mass is 16.5. The number of aromatic nitrogens is 2. The minimum absolute atomic E-state index is 0.618. The van der Waals surface area contributed by atoms with Crippen molar-refractivity contribution in [1.82, 2.24) is 9.97 Å². The molecular formula is C13H15N3O. The molecule has 0 fully saturated rings. The molecule has 0 unspecified atom stereocenters. The molecule has 0 aliphatic heterocycles. The Labute approximate surface area is 101 Å². The Hall–Kier alpha value is -2.10. The van der Waals surface area contributed by atoms with Gasteiger partial charge in [-0.15, -0.1) is 0 Å². The van der Waals surface area contributed by atoms with E-state index >= 15 is 0 Å². The van der Waals surface area contributed by atoms with Crippen LogP contribution in [0.25, 0.3) is 0 Å². The maximum Gasteiger partial charge on any atom is 0.213 e. The van der Waals surface area contributed by atoms with E-state index in [0.29, 0.717) is 5.88 Å². The van der Waals surface area contributed by atoms with E-state index in [-0.39, 0.29) is 0 Å². The first kappa shape index (κ1) is 11.4. The molecule has 17 heavy (non-hydrogen) atoms. The van der Waals surface area contributed by atoms with Gasteiger partial charge in [0, 0.05) is 24.5 Å². The van der Waals surface area contributed by atoms with Crippen molar-refractivity contribution in [2.24, 2.45) is 0 Å². The van der Waals surface area contributed by atoms with E-state index in [1.807, 2.05) is 31.3 Å². The molecule has 0 amide bonds. The molecule has 2 aromatic rings. The zero-order chi connectivity index (χ0) is 12.1. The van der Waals surface area contributed by atoms with Crippen molar-refractivity contribution in [3.8, 4) is 5.88 Å². The molecule has 0 spiro atoms. The standard InChI is InChI=1S/C13H15N3O/c1-10-3-4-11(7-14-10)8-15-12-5-6-13(17-2)16-9-12/h3-7,9,15H,8H2,1-2H3. The highest BCUT2D eigenvalue weighted by Gasteiger charge is 1.96. The van der Waals surface area contributed by atoms with Crippen molar-refractivity contribution >= 4 is 5.69 Å². The minimum Gasteiger partial charge on any atom is -0.481 e. The Morgan fingerprint density at radius 1 is 1.12 bits per heavy atom. The third kappa shape index (κ3) is 3.17. The highest BCUT2D eigenvalue weighted by Crippen LogP contribution is 2.12. The number of methoxy groups -OCH3 is 1. The molecular weight excluding hydrogens is 214 g/mol. The van der Waals surface area contributed by atoms with Crippen LogP contribution in [0.5, 0.6) is 5.88 Å². The minimum atomic E-state index is 0.618. The molecule has 4 heteroatoms. The van der Waals surface area contributed by atoms with Gasteiger partial charge in [-0.3, -0.25) is 4.98 Å². The van der Waals surface area contributed by atoms with Crippen LogP contribution in [0, 0.1) is 6.92 Å². The zero-order valence-electron chi connectivity index (χ0n) is 9.97. The van der Waals surface area contributed by atoms with Crippen molar-refractivity contribution < 1.29 is 4.74 Å². The van der Waals surface area contributed by atoms with E-state index < -0.39 is 0 Å². The van der Waals surface area contributed by atoms with E-state index in [1.165, 1.54) is 0 Å². The molecule has 0 radical (unpaired) electrons. The number of rotatable bonds is 4. The Morgan fingerprint density at radius 2 is 2.00 bits per heavy atom. The second-order valence-corrected chi connectivity index (χ2v) is 3.75. The summed E-state index contributed by atoms with van der Waals surface area (Å²) in [5, 5.41) is 3.27. The molecule has 1 N–H and O–H groups in total. The fourth-order valence-electron chi connectivity index (χ4n) is 1.41. The van der Waals surface area contributed by atoms with Crippen molar-refractivity contribution in [2.45, 2.75) is 13.5 Å². The van der Waals surface area contributed by atoms with E-state index in [0.717, 1.165) is 23.5 Å². The van der Waals surface area contributed by atoms with Crippen molar-refractivity contribution in [3.05, 3.63) is 47.9 Å². The third-order valence-corrected chi connectivity index (χ3v) is 2.41. The van der Waals surface area contributed by atoms with Gasteiger partial charge >= 0.3 is 0 Å². The van der Waals surface area contributed by atoms with Gasteiger partial charge in [0.1, 0.15) is 0 Å². The smallest absolute Gasteiger partial charge is 0.213 e. The number of anilines is 1. The van der Waals surface area contributed by atoms with E-state index in [4.69, 9.17) is 4.74 Å². The first-order chi connectivity index (χ1) is 8.28. The molecule has 88 valence electrons. The van der Waals surface area contributed by atoms with Crippen molar-refractivity contribution in [1.29, 1.82) is 0 Å². The molecule has 2 rings (SSSR count). The lowest BCUT2D eigenvalue weighted by Crippen LogP contribution is -2.00. The summed E-state index contributed by atoms with van der Waals surface area (Å²) in [7, 11) is 1.60. The topological polar surface area (TPSA) is 47.0 Å². The molecule has 0 atom stereocenters. The summed E-state index contributed by atoms with van der Waals surface area (Å²) >= 11 is 0. The van der Waals surface area contributed by atoms with Crippen LogP contribution in [-0.4, -0.2) is 17.1 Å². The maximum atomic E-state index is 5.00. The number of nitrogens with zero attached hydrogens (tertiary/aromatic N) is 2. The van der Waals surface area contributed by atoms with Crippen LogP contribution in [0.1, 0.15) is 11.3 Å². The van der Waals surface area contributed by atoms with Crippen LogP contribution in [0.3, 0.4) is 0 Å². The average Bonchev–Trinajstić information content (AvgIpc) is 2.39. The lowest BCUT2D eigenvalue weighted by atomic mass is 10.2. The molecule has 0 saturated carbocycles. The normalized spacial score (nSPS) is 10.0. The molecule has 0 saturated heterocycles. The number of nitrogens with one attached hydrogen (secondary N) is 1. The molecule has 0 aliphatic carbocycles. The summed E-state index contributed by atoms with van der Waals surface area (Å²) in [4.78, 5) is 8.37. The third-order valence-electron chi connectivity index (χ3n) is 2.41. The largest absolute Gasteiger partial charge is 0.481 e. The van der Waals surface area contributed by atoms with Crippen molar-refractivity contribution in [2.75, 3.05) is 12.4 Å². The van der Waals surface area contributed by atoms with Gasteiger partial charge in [0.25, 0.3) is 0 Å². The second kappa shape index (κ2) is 5.30. The number of aryl methyl sites for hydroxylation is 1. The van der Waals surface area contributed by atoms with Crippen LogP contribution >= 0.6 is 0 Å². The van der Waals surface area contributed by atoms with Gasteiger partial charge in [0.15, 0.2) is 0 Å². The number of hydrogen-bond acceptors (Lipinski definition) is 4. The van der Waals surface area contributed by atoms with Crippen LogP contribution in [-0.2, 0) is 6.54 Å². The van der Waals surface area contributed by atoms with E-state index in [2.05, 4.69) is 21.4 Å². The molecule has 2 heterocycles. The number of ether oxygens (including phenoxy) is 1. The van der Waals surface area contributed by atoms with Gasteiger partial charge in [0.2, 0.25) is 5.88 Å². The lowest BCUT2D eigenvalue weighted by molar-refractivity contribution is 0.398. The predicted octanol–water partition coefficient (Wildman–Crippen LogP) is 2.41. The van der Waals surface area contributed by atoms with Gasteiger partial charge < -0.3 is 10.1 Å². The van der Waals surface area contributed by atoms with Crippen molar-refractivity contribution in [3.63, 3.8) is 0 Å². The summed E-state index contributed by atoms with van der Waals surface area (Å²) < 4.78 is 5.00. The molecule has 2 aromatic heterocycles. The van der Waals surface area contributed by atoms with Gasteiger partial charge in [-0.2, -0.15) is 0 Å². The van der Waals surface area contributed by atoms with Gasteiger partial charge in [-0.25, -0.2) is 4.98 Å². The molecule has 0 aliphatic rings. The van der Waals surface area contributed by atoms with Crippen LogP contribution in [0.4, 0.5) is 5.69 Å². The summed E-state index contributed by atoms with van der Waals surface area (Å²) in [6.07, 6.45) is 3.62. The quantitative estimate of drug-likeness (QED) is 0.874. The monoisotopic (exact) mass is 229 g/mol. The Morgan fingerprint density at radius 3 is 2.59 bits per heavy atom. The number of pyridine rings is 2. The molecule has 0 aromatic carbocycles. The molecule has 0 bridgehead atoms. The zero-order valence-corrected chi connectivity index (χ0v) is 9.97. The fraction of sp³-hybridized carbons (Fsp3) is 0.231. The van der Waals surface area contributed by atoms with Gasteiger partial charge in [0.05, 0.1) is 19.0 Å². The van der Waals surface area contributed by atoms with E-state index in [1.54, 1.807) is 13.3 Å². The van der Waals surface area contributed by atoms with Gasteiger partial charge in [-0.1, -0.05) is 6.07 Å². The van der Waals surface area contributed by atoms with Crippen LogP contribution < -0.4 is 10.1 Å². The fourth-order valence-corrected chi connectivity index (χ4v) is 1.41. The summed E-state index contributed by atoms with van der Waals surface area (Å²) in [6.45, 7) is 2.71. The Balaban J connectivity index is 1.95. The molecule has 4 nitrogen and oxygen atoms in total. The summed E-state index contributed by atoms with van der Waals surface area (Å²) in [5.41, 5.74) is 3.14. The number of hydrogen-bond donors (Lipinski definition) is 1. The van der Waals surface area contributed by atoms with Crippen LogP contribution in [0.15, 0.2) is 36.7 Å². The first-order valence-corrected chi connectivity index (χ1v) is 5.43. The summed E-state index contributed by atoms with van der Waals surface area (Å²) in [5.74, 6) is 0.618. The summed E-state index contributed by atoms with van der Waals surface area (Å²) in [6, 6.07) is 7.83. The first-order valence-electron chi connectivity index (χ1n) is 5.43. The predicted molar refractivity (Wildman–Crippen MR) is 67.1 cm³/mol. The van der Waals surface area contributed by atoms with E-state index in [9.17, 15) is 0 Å². The highest BCUT2D eigenvalue weighted by molar-refractivity contribution is 5.42. The van der Waals surface area contributed by atoms with Gasteiger partial charge in [-0.05, 0) is 24.6 Å². The maximum absolute atomic E-state index is 5.00. The van der Waals surface area contributed by atoms with Crippen LogP contribution in [0.2, 0.25) is 0 Å². The average molecular weight is 229 g/mol. The Bertz CT molecular complexity index is 465. The SMILES string of the molecule is COc1ccc(NCc2ccc(C)nc2)cn1. The second-order valence-electron chi connectivity index (χ2n) is 3.75. The lowest BCUT2D eigenvalue weighted by Gasteiger charge is -2.06. The Kier molecular flexibility index (Phi) is 3.55.